The highest BCUT2D eigenvalue weighted by Gasteiger charge is 2.17. The quantitative estimate of drug-likeness (QED) is 0.902. The third-order valence-electron chi connectivity index (χ3n) is 4.15. The Morgan fingerprint density at radius 2 is 2.00 bits per heavy atom. The number of likely N-dealkylation sites (tertiary alicyclic amines) is 1. The van der Waals surface area contributed by atoms with Gasteiger partial charge in [-0.3, -0.25) is 0 Å². The first-order chi connectivity index (χ1) is 9.66. The second-order valence-corrected chi connectivity index (χ2v) is 5.90. The molecule has 0 aliphatic carbocycles. The Kier molecular flexibility index (Phi) is 5.50. The Balaban J connectivity index is 1.74. The third-order valence-corrected chi connectivity index (χ3v) is 4.15. The van der Waals surface area contributed by atoms with Crippen molar-refractivity contribution in [2.75, 3.05) is 13.1 Å². The molecule has 2 amide bonds. The fraction of sp³-hybridized carbons (Fsp3) is 0.688. The van der Waals surface area contributed by atoms with Gasteiger partial charge in [0.25, 0.3) is 0 Å². The normalized spacial score (nSPS) is 17.6. The Morgan fingerprint density at radius 3 is 2.60 bits per heavy atom. The Morgan fingerprint density at radius 1 is 1.30 bits per heavy atom. The molecule has 2 rings (SSSR count). The van der Waals surface area contributed by atoms with Crippen LogP contribution in [0.3, 0.4) is 0 Å². The molecule has 0 bridgehead atoms. The molecule has 4 heteroatoms. The predicted molar refractivity (Wildman–Crippen MR) is 81.8 cm³/mol. The lowest BCUT2D eigenvalue weighted by molar-refractivity contribution is 0.196. The minimum Gasteiger partial charge on any atom is -0.354 e. The molecule has 20 heavy (non-hydrogen) atoms. The van der Waals surface area contributed by atoms with Crippen molar-refractivity contribution in [2.45, 2.75) is 51.5 Å². The summed E-state index contributed by atoms with van der Waals surface area (Å²) in [5, 5.41) is 3.14. The van der Waals surface area contributed by atoms with Gasteiger partial charge in [-0.2, -0.15) is 0 Å². The first kappa shape index (κ1) is 14.9. The van der Waals surface area contributed by atoms with Crippen LogP contribution in [0.25, 0.3) is 0 Å². The van der Waals surface area contributed by atoms with Crippen molar-refractivity contribution < 1.29 is 4.79 Å². The highest BCUT2D eigenvalue weighted by Crippen LogP contribution is 2.10. The van der Waals surface area contributed by atoms with Crippen LogP contribution in [0.4, 0.5) is 4.79 Å². The second-order valence-electron chi connectivity index (χ2n) is 5.90. The van der Waals surface area contributed by atoms with E-state index in [4.69, 9.17) is 0 Å². The number of rotatable bonds is 4. The van der Waals surface area contributed by atoms with Crippen LogP contribution in [0.2, 0.25) is 0 Å². The summed E-state index contributed by atoms with van der Waals surface area (Å²) in [6, 6.07) is 4.55. The second kappa shape index (κ2) is 7.36. The Bertz CT molecular complexity index is 419. The van der Waals surface area contributed by atoms with E-state index in [-0.39, 0.29) is 12.1 Å². The zero-order valence-corrected chi connectivity index (χ0v) is 12.8. The summed E-state index contributed by atoms with van der Waals surface area (Å²) in [6.07, 6.45) is 8.86. The highest BCUT2D eigenvalue weighted by molar-refractivity contribution is 5.74. The van der Waals surface area contributed by atoms with Gasteiger partial charge in [0.1, 0.15) is 0 Å². The van der Waals surface area contributed by atoms with Gasteiger partial charge in [0, 0.05) is 38.1 Å². The van der Waals surface area contributed by atoms with Crippen LogP contribution in [0.15, 0.2) is 18.3 Å². The molecule has 0 unspecified atom stereocenters. The lowest BCUT2D eigenvalue weighted by Crippen LogP contribution is -2.44. The SMILES string of the molecule is C[C@H](CCc1cccn1C)NC(=O)N1CCCCCC1. The maximum Gasteiger partial charge on any atom is 0.317 e. The molecule has 1 aromatic heterocycles. The summed E-state index contributed by atoms with van der Waals surface area (Å²) in [7, 11) is 2.07. The lowest BCUT2D eigenvalue weighted by atomic mass is 10.1. The van der Waals surface area contributed by atoms with Gasteiger partial charge in [-0.05, 0) is 44.7 Å². The number of amides is 2. The molecule has 112 valence electrons. The van der Waals surface area contributed by atoms with Gasteiger partial charge in [-0.25, -0.2) is 4.79 Å². The van der Waals surface area contributed by atoms with E-state index in [0.717, 1.165) is 38.8 Å². The largest absolute Gasteiger partial charge is 0.354 e. The standard InChI is InChI=1S/C16H27N3O/c1-14(9-10-15-8-7-11-18(15)2)17-16(20)19-12-5-3-4-6-13-19/h7-8,11,14H,3-6,9-10,12-13H2,1-2H3,(H,17,20)/t14-/m1/s1. The molecule has 1 atom stereocenters. The van der Waals surface area contributed by atoms with E-state index in [2.05, 4.69) is 42.2 Å². The van der Waals surface area contributed by atoms with Gasteiger partial charge in [-0.15, -0.1) is 0 Å². The summed E-state index contributed by atoms with van der Waals surface area (Å²) < 4.78 is 2.14. The number of nitrogens with one attached hydrogen (secondary N) is 1. The van der Waals surface area contributed by atoms with E-state index in [1.165, 1.54) is 18.5 Å². The number of hydrogen-bond acceptors (Lipinski definition) is 1. The van der Waals surface area contributed by atoms with Gasteiger partial charge >= 0.3 is 6.03 Å². The minimum absolute atomic E-state index is 0.117. The molecular formula is C16H27N3O. The number of aromatic nitrogens is 1. The van der Waals surface area contributed by atoms with E-state index in [0.29, 0.717) is 0 Å². The van der Waals surface area contributed by atoms with E-state index in [9.17, 15) is 4.79 Å². The molecule has 1 saturated heterocycles. The predicted octanol–water partition coefficient (Wildman–Crippen LogP) is 2.93. The number of carbonyl (C=O) groups excluding carboxylic acids is 1. The molecule has 2 heterocycles. The van der Waals surface area contributed by atoms with E-state index >= 15 is 0 Å². The monoisotopic (exact) mass is 277 g/mol. The van der Waals surface area contributed by atoms with Crippen LogP contribution in [0.1, 0.15) is 44.7 Å². The molecule has 1 fully saturated rings. The number of carbonyl (C=O) groups is 1. The van der Waals surface area contributed by atoms with Gasteiger partial charge in [-0.1, -0.05) is 12.8 Å². The van der Waals surface area contributed by atoms with Crippen LogP contribution in [0.5, 0.6) is 0 Å². The first-order valence-electron chi connectivity index (χ1n) is 7.82. The van der Waals surface area contributed by atoms with Gasteiger partial charge in [0.05, 0.1) is 0 Å². The molecule has 4 nitrogen and oxygen atoms in total. The smallest absolute Gasteiger partial charge is 0.317 e. The summed E-state index contributed by atoms with van der Waals surface area (Å²) >= 11 is 0. The van der Waals surface area contributed by atoms with Crippen molar-refractivity contribution in [3.8, 4) is 0 Å². The maximum absolute atomic E-state index is 12.2. The Labute approximate surface area is 122 Å². The van der Waals surface area contributed by atoms with Gasteiger partial charge in [0.15, 0.2) is 0 Å². The fourth-order valence-corrected chi connectivity index (χ4v) is 2.77. The summed E-state index contributed by atoms with van der Waals surface area (Å²) in [5.74, 6) is 0. The van der Waals surface area contributed by atoms with Gasteiger partial charge < -0.3 is 14.8 Å². The molecule has 1 aliphatic heterocycles. The minimum atomic E-state index is 0.117. The molecule has 0 saturated carbocycles. The van der Waals surface area contributed by atoms with Crippen LogP contribution in [-0.4, -0.2) is 34.6 Å². The van der Waals surface area contributed by atoms with Crippen molar-refractivity contribution in [2.24, 2.45) is 7.05 Å². The van der Waals surface area contributed by atoms with E-state index < -0.39 is 0 Å². The average molecular weight is 277 g/mol. The molecule has 0 spiro atoms. The van der Waals surface area contributed by atoms with Crippen LogP contribution >= 0.6 is 0 Å². The Hall–Kier alpha value is -1.45. The third kappa shape index (κ3) is 4.29. The molecular weight excluding hydrogens is 250 g/mol. The zero-order chi connectivity index (χ0) is 14.4. The van der Waals surface area contributed by atoms with Crippen LogP contribution in [0, 0.1) is 0 Å². The zero-order valence-electron chi connectivity index (χ0n) is 12.8. The van der Waals surface area contributed by atoms with E-state index in [1.807, 2.05) is 4.90 Å². The molecule has 1 aliphatic rings. The molecule has 0 aromatic carbocycles. The summed E-state index contributed by atoms with van der Waals surface area (Å²) in [6.45, 7) is 3.92. The first-order valence-corrected chi connectivity index (χ1v) is 7.82. The average Bonchev–Trinajstić information content (AvgIpc) is 2.68. The molecule has 0 radical (unpaired) electrons. The van der Waals surface area contributed by atoms with Crippen molar-refractivity contribution >= 4 is 6.03 Å². The number of urea groups is 1. The van der Waals surface area contributed by atoms with E-state index in [1.54, 1.807) is 0 Å². The van der Waals surface area contributed by atoms with Crippen molar-refractivity contribution in [3.63, 3.8) is 0 Å². The van der Waals surface area contributed by atoms with Crippen molar-refractivity contribution in [1.29, 1.82) is 0 Å². The van der Waals surface area contributed by atoms with Gasteiger partial charge in [0.2, 0.25) is 0 Å². The van der Waals surface area contributed by atoms with Crippen LogP contribution in [-0.2, 0) is 13.5 Å². The van der Waals surface area contributed by atoms with Crippen molar-refractivity contribution in [3.05, 3.63) is 24.0 Å². The molecule has 1 N–H and O–H groups in total. The van der Waals surface area contributed by atoms with Crippen LogP contribution < -0.4 is 5.32 Å². The van der Waals surface area contributed by atoms with Crippen molar-refractivity contribution in [1.82, 2.24) is 14.8 Å². The molecule has 1 aromatic rings. The topological polar surface area (TPSA) is 37.3 Å². The fourth-order valence-electron chi connectivity index (χ4n) is 2.77. The maximum atomic E-state index is 12.2. The lowest BCUT2D eigenvalue weighted by Gasteiger charge is -2.23. The number of nitrogens with zero attached hydrogens (tertiary/aromatic N) is 2. The number of aryl methyl sites for hydroxylation is 2. The summed E-state index contributed by atoms with van der Waals surface area (Å²) in [5.41, 5.74) is 1.32. The highest BCUT2D eigenvalue weighted by atomic mass is 16.2. The summed E-state index contributed by atoms with van der Waals surface area (Å²) in [4.78, 5) is 14.2. The number of hydrogen-bond donors (Lipinski definition) is 1.